The van der Waals surface area contributed by atoms with Crippen LogP contribution in [0.1, 0.15) is 49.3 Å². The van der Waals surface area contributed by atoms with E-state index in [-0.39, 0.29) is 46.8 Å². The van der Waals surface area contributed by atoms with E-state index in [0.717, 1.165) is 6.20 Å². The minimum absolute atomic E-state index is 0.00335. The largest absolute Gasteiger partial charge is 0.352 e. The van der Waals surface area contributed by atoms with Crippen LogP contribution < -0.4 is 16.0 Å². The van der Waals surface area contributed by atoms with Crippen LogP contribution in [0.25, 0.3) is 0 Å². The van der Waals surface area contributed by atoms with Crippen molar-refractivity contribution in [3.63, 3.8) is 0 Å². The molecule has 1 fully saturated rings. The van der Waals surface area contributed by atoms with E-state index >= 15 is 4.39 Å². The van der Waals surface area contributed by atoms with Gasteiger partial charge in [0.05, 0.1) is 23.0 Å². The number of amides is 2. The normalized spacial score (nSPS) is 19.2. The number of benzene rings is 1. The highest BCUT2D eigenvalue weighted by atomic mass is 35.5. The zero-order chi connectivity index (χ0) is 21.1. The van der Waals surface area contributed by atoms with Crippen molar-refractivity contribution >= 4 is 23.4 Å². The molecule has 0 aliphatic carbocycles. The second-order valence-corrected chi connectivity index (χ2v) is 7.54. The third kappa shape index (κ3) is 4.89. The van der Waals surface area contributed by atoms with Gasteiger partial charge >= 0.3 is 0 Å². The van der Waals surface area contributed by atoms with Crippen LogP contribution in [0.3, 0.4) is 0 Å². The average Bonchev–Trinajstić information content (AvgIpc) is 2.67. The first-order chi connectivity index (χ1) is 13.8. The molecule has 2 aromatic rings. The third-order valence-corrected chi connectivity index (χ3v) is 4.97. The van der Waals surface area contributed by atoms with E-state index in [9.17, 15) is 14.0 Å². The number of rotatable bonds is 5. The molecule has 0 spiro atoms. The van der Waals surface area contributed by atoms with Crippen molar-refractivity contribution in [1.29, 1.82) is 0 Å². The standard InChI is InChI=1S/C20H21ClF2N4O2/c1-10(2)20(29)25-8-11-3-5-13(21)17(18(11)23)19-26-15(7-16(28)27-19)14-6-4-12(22)9-24-14/h3-6,9-10,15,19,26H,7-8H2,1-2H3,(H,25,29)(H,27,28). The summed E-state index contributed by atoms with van der Waals surface area (Å²) in [5.41, 5.74) is 0.780. The van der Waals surface area contributed by atoms with Gasteiger partial charge in [-0.05, 0) is 18.2 Å². The smallest absolute Gasteiger partial charge is 0.223 e. The van der Waals surface area contributed by atoms with Crippen molar-refractivity contribution in [2.24, 2.45) is 5.92 Å². The minimum atomic E-state index is -0.902. The van der Waals surface area contributed by atoms with E-state index in [4.69, 9.17) is 11.6 Å². The highest BCUT2D eigenvalue weighted by molar-refractivity contribution is 6.31. The summed E-state index contributed by atoms with van der Waals surface area (Å²) in [6, 6.07) is 5.19. The molecular formula is C20H21ClF2N4O2. The molecule has 2 atom stereocenters. The van der Waals surface area contributed by atoms with Crippen molar-refractivity contribution in [3.8, 4) is 0 Å². The molecule has 2 amide bonds. The number of hydrogen-bond acceptors (Lipinski definition) is 4. The van der Waals surface area contributed by atoms with Crippen molar-refractivity contribution in [2.75, 3.05) is 0 Å². The highest BCUT2D eigenvalue weighted by Crippen LogP contribution is 2.31. The molecule has 9 heteroatoms. The van der Waals surface area contributed by atoms with E-state index in [1.807, 2.05) is 0 Å². The molecule has 1 aromatic heterocycles. The SMILES string of the molecule is CC(C)C(=O)NCc1ccc(Cl)c(C2NC(=O)CC(c3ccc(F)cn3)N2)c1F. The second kappa shape index (κ2) is 8.84. The first kappa shape index (κ1) is 21.1. The Balaban J connectivity index is 1.86. The maximum Gasteiger partial charge on any atom is 0.223 e. The summed E-state index contributed by atoms with van der Waals surface area (Å²) in [6.45, 7) is 3.48. The van der Waals surface area contributed by atoms with Crippen LogP contribution in [0.2, 0.25) is 5.02 Å². The van der Waals surface area contributed by atoms with Gasteiger partial charge in [0.2, 0.25) is 11.8 Å². The summed E-state index contributed by atoms with van der Waals surface area (Å²) in [7, 11) is 0. The Kier molecular flexibility index (Phi) is 6.44. The van der Waals surface area contributed by atoms with Crippen molar-refractivity contribution < 1.29 is 18.4 Å². The molecule has 0 bridgehead atoms. The fourth-order valence-electron chi connectivity index (χ4n) is 3.05. The van der Waals surface area contributed by atoms with Gasteiger partial charge in [0.15, 0.2) is 0 Å². The van der Waals surface area contributed by atoms with E-state index in [0.29, 0.717) is 5.69 Å². The summed E-state index contributed by atoms with van der Waals surface area (Å²) in [4.78, 5) is 28.0. The summed E-state index contributed by atoms with van der Waals surface area (Å²) in [5, 5.41) is 8.56. The van der Waals surface area contributed by atoms with Gasteiger partial charge in [-0.2, -0.15) is 0 Å². The number of carbonyl (C=O) groups excluding carboxylic acids is 2. The molecule has 2 unspecified atom stereocenters. The third-order valence-electron chi connectivity index (χ3n) is 4.64. The molecule has 154 valence electrons. The molecule has 29 heavy (non-hydrogen) atoms. The minimum Gasteiger partial charge on any atom is -0.352 e. The lowest BCUT2D eigenvalue weighted by molar-refractivity contribution is -0.125. The maximum atomic E-state index is 15.2. The number of nitrogens with zero attached hydrogens (tertiary/aromatic N) is 1. The molecule has 3 N–H and O–H groups in total. The van der Waals surface area contributed by atoms with Crippen molar-refractivity contribution in [3.05, 3.63) is 63.9 Å². The zero-order valence-electron chi connectivity index (χ0n) is 15.9. The van der Waals surface area contributed by atoms with Gasteiger partial charge < -0.3 is 10.6 Å². The Hall–Kier alpha value is -2.58. The van der Waals surface area contributed by atoms with Crippen molar-refractivity contribution in [1.82, 2.24) is 20.9 Å². The van der Waals surface area contributed by atoms with E-state index in [1.54, 1.807) is 13.8 Å². The molecule has 1 aliphatic heterocycles. The molecular weight excluding hydrogens is 402 g/mol. The van der Waals surface area contributed by atoms with Crippen LogP contribution in [0.15, 0.2) is 30.5 Å². The number of halogens is 3. The van der Waals surface area contributed by atoms with Gasteiger partial charge in [-0.25, -0.2) is 8.78 Å². The fourth-order valence-corrected chi connectivity index (χ4v) is 3.30. The van der Waals surface area contributed by atoms with Gasteiger partial charge in [0.25, 0.3) is 0 Å². The first-order valence-corrected chi connectivity index (χ1v) is 9.55. The maximum absolute atomic E-state index is 15.2. The quantitative estimate of drug-likeness (QED) is 0.691. The second-order valence-electron chi connectivity index (χ2n) is 7.13. The predicted molar refractivity (Wildman–Crippen MR) is 104 cm³/mol. The highest BCUT2D eigenvalue weighted by Gasteiger charge is 2.32. The van der Waals surface area contributed by atoms with Gasteiger partial charge in [0, 0.05) is 30.0 Å². The molecule has 1 saturated heterocycles. The van der Waals surface area contributed by atoms with E-state index in [2.05, 4.69) is 20.9 Å². The van der Waals surface area contributed by atoms with Crippen LogP contribution in [-0.4, -0.2) is 16.8 Å². The Labute approximate surface area is 172 Å². The first-order valence-electron chi connectivity index (χ1n) is 9.17. The molecule has 6 nitrogen and oxygen atoms in total. The zero-order valence-corrected chi connectivity index (χ0v) is 16.7. The Morgan fingerprint density at radius 3 is 2.72 bits per heavy atom. The Morgan fingerprint density at radius 1 is 1.31 bits per heavy atom. The Bertz CT molecular complexity index is 921. The van der Waals surface area contributed by atoms with Crippen LogP contribution >= 0.6 is 11.6 Å². The van der Waals surface area contributed by atoms with E-state index < -0.39 is 23.8 Å². The molecule has 1 aliphatic rings. The Morgan fingerprint density at radius 2 is 2.07 bits per heavy atom. The number of carbonyl (C=O) groups is 2. The number of nitrogens with one attached hydrogen (secondary N) is 3. The lowest BCUT2D eigenvalue weighted by Gasteiger charge is -2.32. The molecule has 2 heterocycles. The summed E-state index contributed by atoms with van der Waals surface area (Å²) in [5.74, 6) is -1.86. The molecule has 3 rings (SSSR count). The lowest BCUT2D eigenvalue weighted by atomic mass is 10.0. The summed E-state index contributed by atoms with van der Waals surface area (Å²) in [6.07, 6.45) is 0.226. The fraction of sp³-hybridized carbons (Fsp3) is 0.350. The van der Waals surface area contributed by atoms with Crippen LogP contribution in [0.5, 0.6) is 0 Å². The lowest BCUT2D eigenvalue weighted by Crippen LogP contribution is -2.47. The molecule has 1 aromatic carbocycles. The van der Waals surface area contributed by atoms with Crippen molar-refractivity contribution in [2.45, 2.75) is 39.0 Å². The van der Waals surface area contributed by atoms with Crippen LogP contribution in [0, 0.1) is 17.6 Å². The average molecular weight is 423 g/mol. The number of hydrogen-bond donors (Lipinski definition) is 3. The van der Waals surface area contributed by atoms with Gasteiger partial charge in [-0.3, -0.25) is 19.9 Å². The number of pyridine rings is 1. The van der Waals surface area contributed by atoms with Gasteiger partial charge in [-0.15, -0.1) is 0 Å². The predicted octanol–water partition coefficient (Wildman–Crippen LogP) is 3.13. The summed E-state index contributed by atoms with van der Waals surface area (Å²) < 4.78 is 28.3. The summed E-state index contributed by atoms with van der Waals surface area (Å²) >= 11 is 6.23. The van der Waals surface area contributed by atoms with Gasteiger partial charge in [0.1, 0.15) is 17.8 Å². The number of aromatic nitrogens is 1. The van der Waals surface area contributed by atoms with Crippen LogP contribution in [-0.2, 0) is 16.1 Å². The molecule has 0 saturated carbocycles. The monoisotopic (exact) mass is 422 g/mol. The molecule has 0 radical (unpaired) electrons. The van der Waals surface area contributed by atoms with Gasteiger partial charge in [-0.1, -0.05) is 31.5 Å². The van der Waals surface area contributed by atoms with Crippen LogP contribution in [0.4, 0.5) is 8.78 Å². The topological polar surface area (TPSA) is 83.1 Å². The van der Waals surface area contributed by atoms with E-state index in [1.165, 1.54) is 24.3 Å².